The smallest absolute Gasteiger partial charge is 0.463 e. The van der Waals surface area contributed by atoms with E-state index in [1.807, 2.05) is 0 Å². The Morgan fingerprint density at radius 1 is 0.427 bits per heavy atom. The van der Waals surface area contributed by atoms with Gasteiger partial charge in [0.05, 0.1) is 24.4 Å². The van der Waals surface area contributed by atoms with Crippen LogP contribution in [0.1, 0.15) is 283 Å². The quantitative estimate of drug-likeness (QED) is 0.0333. The van der Waals surface area contributed by atoms with Gasteiger partial charge in [0, 0.05) is 29.4 Å². The molecule has 10 unspecified atom stereocenters. The summed E-state index contributed by atoms with van der Waals surface area (Å²) in [7, 11) is -2.67. The van der Waals surface area contributed by atoms with E-state index in [2.05, 4.69) is 90.0 Å². The molecule has 3 rings (SSSR count). The molecule has 0 aromatic rings. The van der Waals surface area contributed by atoms with Crippen molar-refractivity contribution in [3.05, 3.63) is 0 Å². The van der Waals surface area contributed by atoms with Crippen molar-refractivity contribution in [2.45, 2.75) is 332 Å². The van der Waals surface area contributed by atoms with Gasteiger partial charge in [-0.3, -0.25) is 4.79 Å². The molecule has 0 aromatic heterocycles. The van der Waals surface area contributed by atoms with Crippen LogP contribution in [0.25, 0.3) is 0 Å². The minimum atomic E-state index is -2.67. The number of hydrogen-bond donors (Lipinski definition) is 0. The Bertz CT molecular complexity index is 1380. The zero-order valence-electron chi connectivity index (χ0n) is 51.2. The summed E-state index contributed by atoms with van der Waals surface area (Å²) >= 11 is 0. The fourth-order valence-electron chi connectivity index (χ4n) is 12.4. The second-order valence-electron chi connectivity index (χ2n) is 24.7. The van der Waals surface area contributed by atoms with Gasteiger partial charge in [-0.15, -0.1) is 9.05 Å². The van der Waals surface area contributed by atoms with Gasteiger partial charge in [0.25, 0.3) is 0 Å². The normalized spacial score (nSPS) is 31.9. The number of esters is 1. The zero-order chi connectivity index (χ0) is 55.0. The van der Waals surface area contributed by atoms with E-state index in [1.165, 1.54) is 141 Å². The van der Waals surface area contributed by atoms with E-state index >= 15 is 0 Å². The van der Waals surface area contributed by atoms with Crippen LogP contribution < -0.4 is 0 Å². The van der Waals surface area contributed by atoms with Crippen LogP contribution in [0.5, 0.6) is 0 Å². The molecule has 0 amide bonds. The van der Waals surface area contributed by atoms with Crippen LogP contribution in [0.15, 0.2) is 0 Å². The van der Waals surface area contributed by atoms with E-state index in [0.29, 0.717) is 36.7 Å². The molecule has 11 heteroatoms. The maximum atomic E-state index is 14.4. The number of unbranched alkanes of at least 4 members (excludes halogenated alkanes) is 25. The van der Waals surface area contributed by atoms with Crippen molar-refractivity contribution in [3.8, 4) is 0 Å². The van der Waals surface area contributed by atoms with Gasteiger partial charge in [-0.1, -0.05) is 251 Å². The highest BCUT2D eigenvalue weighted by Crippen LogP contribution is 2.47. The summed E-state index contributed by atoms with van der Waals surface area (Å²) in [5, 5.41) is 0. The minimum absolute atomic E-state index is 0.0299. The average molecular weight is 1080 g/mol. The van der Waals surface area contributed by atoms with E-state index in [1.54, 1.807) is 0 Å². The Balaban J connectivity index is 1.65. The van der Waals surface area contributed by atoms with Gasteiger partial charge in [-0.05, 0) is 67.1 Å². The van der Waals surface area contributed by atoms with Gasteiger partial charge >= 0.3 is 14.2 Å². The lowest BCUT2D eigenvalue weighted by Crippen LogP contribution is -2.60. The van der Waals surface area contributed by atoms with E-state index in [9.17, 15) is 9.36 Å². The van der Waals surface area contributed by atoms with Crippen LogP contribution in [-0.4, -0.2) is 75.0 Å². The lowest BCUT2D eigenvalue weighted by Gasteiger charge is -2.51. The number of rotatable bonds is 43. The Labute approximate surface area is 464 Å². The molecule has 2 aliphatic heterocycles. The third-order valence-electron chi connectivity index (χ3n) is 19.0. The van der Waals surface area contributed by atoms with Crippen molar-refractivity contribution in [2.24, 2.45) is 53.3 Å². The van der Waals surface area contributed by atoms with Crippen LogP contribution in [-0.2, 0) is 46.8 Å². The molecule has 0 aromatic carbocycles. The van der Waals surface area contributed by atoms with Crippen molar-refractivity contribution in [1.82, 2.24) is 0 Å². The first-order chi connectivity index (χ1) is 36.2. The molecule has 0 spiro atoms. The molecule has 1 saturated carbocycles. The molecule has 75 heavy (non-hydrogen) atoms. The summed E-state index contributed by atoms with van der Waals surface area (Å²) in [6.07, 6.45) is 33.5. The van der Waals surface area contributed by atoms with E-state index in [-0.39, 0.29) is 61.0 Å². The summed E-state index contributed by atoms with van der Waals surface area (Å²) in [5.74, 6) is 1.97. The molecule has 10 nitrogen and oxygen atoms in total. The molecule has 1 aliphatic carbocycles. The van der Waals surface area contributed by atoms with Gasteiger partial charge in [-0.25, -0.2) is 0 Å². The fourth-order valence-corrected chi connectivity index (χ4v) is 13.2. The third kappa shape index (κ3) is 25.3. The third-order valence-corrected chi connectivity index (χ3v) is 19.8. The molecule has 0 N–H and O–H groups in total. The lowest BCUT2D eigenvalue weighted by atomic mass is 9.69. The standard InChI is InChI=1S/C64H122O10P/c1-14-18-20-22-24-26-28-30-32-34-36-38-40-42-44-67-56(45-68-59(65)43-41-39-37-35-33-31-29-27-25-23-21-19-15-2)46-69-75(66)74-62-60(72-63-54(12)47(5)50(8)57(16-3)70-63)52(10)49(7)53(11)61(62)73-64-55(13)48(6)51(9)58(17-4)71-64/h47-58,60-64H,14-46H2,1-13H3/q+1/t47-,48?,49?,50+,51-,52?,53-,54?,55+,56+,57?,58?,60?,61?,62?,63-,64+/m0/s1. The molecular formula is C64H122O10P+. The van der Waals surface area contributed by atoms with Crippen molar-refractivity contribution < 1.29 is 46.8 Å². The molecule has 18 atom stereocenters. The zero-order valence-corrected chi connectivity index (χ0v) is 52.1. The van der Waals surface area contributed by atoms with Crippen LogP contribution in [0.3, 0.4) is 0 Å². The predicted octanol–water partition coefficient (Wildman–Crippen LogP) is 18.7. The summed E-state index contributed by atoms with van der Waals surface area (Å²) in [5.41, 5.74) is 0. The van der Waals surface area contributed by atoms with Crippen molar-refractivity contribution in [2.75, 3.05) is 19.8 Å². The molecule has 3 fully saturated rings. The topological polar surface area (TPSA) is 108 Å². The fraction of sp³-hybridized carbons (Fsp3) is 0.984. The highest BCUT2D eigenvalue weighted by atomic mass is 31.1. The van der Waals surface area contributed by atoms with E-state index in [4.69, 9.17) is 37.5 Å². The Hall–Kier alpha value is -0.710. The summed E-state index contributed by atoms with van der Waals surface area (Å²) in [4.78, 5) is 13.1. The van der Waals surface area contributed by atoms with Crippen LogP contribution in [0.4, 0.5) is 0 Å². The lowest BCUT2D eigenvalue weighted by molar-refractivity contribution is -0.320. The first-order valence-corrected chi connectivity index (χ1v) is 33.5. The highest BCUT2D eigenvalue weighted by Gasteiger charge is 2.55. The molecule has 442 valence electrons. The second kappa shape index (κ2) is 40.5. The van der Waals surface area contributed by atoms with Gasteiger partial charge < -0.3 is 28.4 Å². The van der Waals surface area contributed by atoms with Gasteiger partial charge in [0.2, 0.25) is 0 Å². The average Bonchev–Trinajstić information content (AvgIpc) is 3.40. The Kier molecular flexibility index (Phi) is 37.0. The summed E-state index contributed by atoms with van der Waals surface area (Å²) in [6, 6.07) is 0. The van der Waals surface area contributed by atoms with Gasteiger partial charge in [0.1, 0.15) is 19.3 Å². The minimum Gasteiger partial charge on any atom is -0.463 e. The largest absolute Gasteiger partial charge is 0.697 e. The molecule has 2 saturated heterocycles. The van der Waals surface area contributed by atoms with Crippen LogP contribution >= 0.6 is 8.25 Å². The first-order valence-electron chi connectivity index (χ1n) is 32.4. The summed E-state index contributed by atoms with van der Waals surface area (Å²) in [6.45, 7) is 29.8. The van der Waals surface area contributed by atoms with Crippen molar-refractivity contribution >= 4 is 14.2 Å². The summed E-state index contributed by atoms with van der Waals surface area (Å²) < 4.78 is 67.2. The maximum Gasteiger partial charge on any atom is 0.697 e. The molecule has 0 bridgehead atoms. The molecule has 0 radical (unpaired) electrons. The Morgan fingerprint density at radius 2 is 0.787 bits per heavy atom. The number of carbonyl (C=O) groups is 1. The van der Waals surface area contributed by atoms with Crippen molar-refractivity contribution in [3.63, 3.8) is 0 Å². The van der Waals surface area contributed by atoms with E-state index < -0.39 is 45.3 Å². The SMILES string of the molecule is CCCCCCCCCCCCCCCCO[C@H](COC(=O)CCCCCCCCCCCCCCC)CO[P+](=O)OC1C(O[C@@H]2OC(CC)[C@H](C)[C@H](C)C2C)C(C)C(C)[C@H](C)C1O[C@H]1OC(CC)[C@@H](C)C(C)[C@H]1C. The highest BCUT2D eigenvalue weighted by molar-refractivity contribution is 7.33. The van der Waals surface area contributed by atoms with Gasteiger partial charge in [-0.2, -0.15) is 0 Å². The number of hydrogen-bond acceptors (Lipinski definition) is 10. The second-order valence-corrected chi connectivity index (χ2v) is 25.6. The first kappa shape index (κ1) is 68.6. The molecular weight excluding hydrogens is 960 g/mol. The van der Waals surface area contributed by atoms with Gasteiger partial charge in [0.15, 0.2) is 18.7 Å². The molecule has 3 aliphatic rings. The number of carbonyl (C=O) groups excluding carboxylic acids is 1. The van der Waals surface area contributed by atoms with Crippen LogP contribution in [0, 0.1) is 53.3 Å². The maximum absolute atomic E-state index is 14.4. The molecule has 2 heterocycles. The van der Waals surface area contributed by atoms with Crippen LogP contribution in [0.2, 0.25) is 0 Å². The predicted molar refractivity (Wildman–Crippen MR) is 310 cm³/mol. The van der Waals surface area contributed by atoms with Crippen molar-refractivity contribution in [1.29, 1.82) is 0 Å². The number of ether oxygens (including phenoxy) is 6. The monoisotopic (exact) mass is 1080 g/mol. The Morgan fingerprint density at radius 3 is 1.17 bits per heavy atom. The van der Waals surface area contributed by atoms with E-state index in [0.717, 1.165) is 44.9 Å².